The molecule has 69 heavy (non-hydrogen) atoms. The van der Waals surface area contributed by atoms with Crippen molar-refractivity contribution in [3.63, 3.8) is 0 Å². The highest BCUT2D eigenvalue weighted by atomic mass is 14.8. The lowest BCUT2D eigenvalue weighted by molar-refractivity contribution is 0.888. The quantitative estimate of drug-likeness (QED) is 0.131. The fraction of sp³-hybridized carbons (Fsp3) is 0.134. The molecular formula is C67H58N2. The van der Waals surface area contributed by atoms with E-state index in [2.05, 4.69) is 260 Å². The van der Waals surface area contributed by atoms with Crippen molar-refractivity contribution in [3.8, 4) is 33.4 Å². The average Bonchev–Trinajstić information content (AvgIpc) is 3.64. The standard InChI is InChI=1S/C67H58N2/c1-7-61-64(42-63(48(6)68-67(61)59-16-12-9-13-17-59)56-36-30-52(31-37-56)49-22-18-44(2)19-23-49)57-38-32-53(33-39-57)50-26-28-51(29-27-50)54-34-40-60(41-35-54)66-47(5)46(4)62(55-24-20-45(3)21-25-55)43-65(69-66)58-14-10-8-11-15-58/h8-43,46,48H,7H2,1-6H3. The summed E-state index contributed by atoms with van der Waals surface area (Å²) in [5, 5.41) is 0. The molecule has 8 aromatic rings. The predicted molar refractivity (Wildman–Crippen MR) is 295 cm³/mol. The van der Waals surface area contributed by atoms with Gasteiger partial charge in [0.1, 0.15) is 0 Å². The minimum absolute atomic E-state index is 0.0314. The minimum Gasteiger partial charge on any atom is -0.277 e. The van der Waals surface area contributed by atoms with E-state index >= 15 is 0 Å². The third kappa shape index (κ3) is 9.49. The Balaban J connectivity index is 0.929. The van der Waals surface area contributed by atoms with Gasteiger partial charge >= 0.3 is 0 Å². The van der Waals surface area contributed by atoms with Crippen molar-refractivity contribution >= 4 is 33.8 Å². The van der Waals surface area contributed by atoms with Crippen molar-refractivity contribution in [3.05, 3.63) is 274 Å². The first kappa shape index (κ1) is 44.9. The molecule has 2 unspecified atom stereocenters. The van der Waals surface area contributed by atoms with E-state index in [0.717, 1.165) is 40.2 Å². The summed E-state index contributed by atoms with van der Waals surface area (Å²) in [5.74, 6) is 0.192. The van der Waals surface area contributed by atoms with Crippen LogP contribution in [0.5, 0.6) is 0 Å². The lowest BCUT2D eigenvalue weighted by Crippen LogP contribution is -2.10. The van der Waals surface area contributed by atoms with Crippen LogP contribution in [0.1, 0.15) is 78.6 Å². The predicted octanol–water partition coefficient (Wildman–Crippen LogP) is 17.4. The van der Waals surface area contributed by atoms with Crippen LogP contribution in [0, 0.1) is 19.8 Å². The number of benzene rings is 8. The van der Waals surface area contributed by atoms with Crippen LogP contribution >= 0.6 is 0 Å². The van der Waals surface area contributed by atoms with Gasteiger partial charge in [0.05, 0.1) is 23.2 Å². The first-order chi connectivity index (χ1) is 33.7. The van der Waals surface area contributed by atoms with Crippen LogP contribution in [-0.2, 0) is 0 Å². The summed E-state index contributed by atoms with van der Waals surface area (Å²) >= 11 is 0. The molecule has 2 aliphatic rings. The van der Waals surface area contributed by atoms with Gasteiger partial charge in [0.25, 0.3) is 0 Å². The van der Waals surface area contributed by atoms with Crippen molar-refractivity contribution in [2.45, 2.75) is 54.0 Å². The molecule has 0 saturated carbocycles. The van der Waals surface area contributed by atoms with Crippen molar-refractivity contribution in [2.24, 2.45) is 15.9 Å². The first-order valence-electron chi connectivity index (χ1n) is 24.4. The normalized spacial score (nSPS) is 16.3. The largest absolute Gasteiger partial charge is 0.277 e. The molecule has 0 fully saturated rings. The van der Waals surface area contributed by atoms with Gasteiger partial charge in [0.15, 0.2) is 0 Å². The van der Waals surface area contributed by atoms with Gasteiger partial charge in [-0.3, -0.25) is 4.99 Å². The molecule has 10 rings (SSSR count). The number of hydrogen-bond donors (Lipinski definition) is 0. The molecule has 0 bridgehead atoms. The SMILES string of the molecule is CCC1=C(c2ccc(-c3ccc(-c4ccc(C5=C(C)C(C)C(c6ccc(C)cc6)=CC(c6ccccc6)=N5)cc4)cc3)cc2)C=C(c2ccc(-c3ccc(C)cc3)cc2)C(C)N=C1c1ccccc1. The van der Waals surface area contributed by atoms with Crippen LogP contribution in [0.2, 0.25) is 0 Å². The van der Waals surface area contributed by atoms with Gasteiger partial charge in [-0.05, 0) is 130 Å². The summed E-state index contributed by atoms with van der Waals surface area (Å²) in [6.07, 6.45) is 5.56. The highest BCUT2D eigenvalue weighted by molar-refractivity contribution is 6.19. The van der Waals surface area contributed by atoms with Crippen molar-refractivity contribution < 1.29 is 0 Å². The third-order valence-corrected chi connectivity index (χ3v) is 14.1. The summed E-state index contributed by atoms with van der Waals surface area (Å²) in [6, 6.07) is 74.9. The fourth-order valence-corrected chi connectivity index (χ4v) is 9.82. The van der Waals surface area contributed by atoms with Crippen molar-refractivity contribution in [1.82, 2.24) is 0 Å². The van der Waals surface area contributed by atoms with Gasteiger partial charge in [-0.15, -0.1) is 0 Å². The number of allylic oxidation sites excluding steroid dienone is 6. The highest BCUT2D eigenvalue weighted by Crippen LogP contribution is 2.39. The maximum atomic E-state index is 5.47. The molecule has 0 aromatic heterocycles. The molecular weight excluding hydrogens is 833 g/mol. The summed E-state index contributed by atoms with van der Waals surface area (Å²) < 4.78 is 0. The first-order valence-corrected chi connectivity index (χ1v) is 24.4. The molecule has 0 amide bonds. The number of aryl methyl sites for hydroxylation is 2. The topological polar surface area (TPSA) is 24.7 Å². The molecule has 0 aliphatic carbocycles. The molecule has 0 radical (unpaired) electrons. The molecule has 2 atom stereocenters. The van der Waals surface area contributed by atoms with Crippen LogP contribution < -0.4 is 0 Å². The Kier molecular flexibility index (Phi) is 12.8. The van der Waals surface area contributed by atoms with Gasteiger partial charge in [0, 0.05) is 17.0 Å². The van der Waals surface area contributed by atoms with Crippen LogP contribution in [0.25, 0.3) is 55.8 Å². The Labute approximate surface area is 409 Å². The van der Waals surface area contributed by atoms with Gasteiger partial charge in [-0.2, -0.15) is 0 Å². The van der Waals surface area contributed by atoms with E-state index in [-0.39, 0.29) is 12.0 Å². The van der Waals surface area contributed by atoms with Crippen LogP contribution in [0.15, 0.2) is 240 Å². The van der Waals surface area contributed by atoms with Crippen LogP contribution in [0.3, 0.4) is 0 Å². The molecule has 2 aliphatic heterocycles. The lowest BCUT2D eigenvalue weighted by atomic mass is 9.86. The summed E-state index contributed by atoms with van der Waals surface area (Å²) in [4.78, 5) is 10.9. The Morgan fingerprint density at radius 2 is 0.768 bits per heavy atom. The van der Waals surface area contributed by atoms with Crippen molar-refractivity contribution in [1.29, 1.82) is 0 Å². The fourth-order valence-electron chi connectivity index (χ4n) is 9.82. The number of rotatable bonds is 10. The van der Waals surface area contributed by atoms with Gasteiger partial charge < -0.3 is 0 Å². The molecule has 8 aromatic carbocycles. The zero-order valence-electron chi connectivity index (χ0n) is 40.5. The monoisotopic (exact) mass is 890 g/mol. The Morgan fingerprint density at radius 1 is 0.377 bits per heavy atom. The maximum absolute atomic E-state index is 5.47. The number of nitrogens with zero attached hydrogens (tertiary/aromatic N) is 2. The Hall–Kier alpha value is -7.94. The van der Waals surface area contributed by atoms with Gasteiger partial charge in [-0.25, -0.2) is 4.99 Å². The van der Waals surface area contributed by atoms with Gasteiger partial charge in [0.2, 0.25) is 0 Å². The smallest absolute Gasteiger partial charge is 0.0734 e. The van der Waals surface area contributed by atoms with Crippen LogP contribution in [0.4, 0.5) is 0 Å². The molecule has 336 valence electrons. The molecule has 2 nitrogen and oxygen atoms in total. The van der Waals surface area contributed by atoms with E-state index in [1.54, 1.807) is 0 Å². The molecule has 0 spiro atoms. The lowest BCUT2D eigenvalue weighted by Gasteiger charge is -2.18. The van der Waals surface area contributed by atoms with E-state index < -0.39 is 0 Å². The highest BCUT2D eigenvalue weighted by Gasteiger charge is 2.24. The zero-order valence-corrected chi connectivity index (χ0v) is 40.5. The Morgan fingerprint density at radius 3 is 1.25 bits per heavy atom. The minimum atomic E-state index is -0.0314. The van der Waals surface area contributed by atoms with Crippen LogP contribution in [-0.4, -0.2) is 17.5 Å². The average molecular weight is 891 g/mol. The molecule has 0 N–H and O–H groups in total. The zero-order chi connectivity index (χ0) is 47.4. The second-order valence-corrected chi connectivity index (χ2v) is 18.6. The number of aliphatic imine (C=N–C) groups is 2. The molecule has 0 saturated heterocycles. The second kappa shape index (κ2) is 19.7. The number of hydrogen-bond acceptors (Lipinski definition) is 2. The van der Waals surface area contributed by atoms with E-state index in [4.69, 9.17) is 9.98 Å². The Bertz CT molecular complexity index is 3310. The maximum Gasteiger partial charge on any atom is 0.0734 e. The summed E-state index contributed by atoms with van der Waals surface area (Å²) in [5.41, 5.74) is 26.0. The molecule has 2 heterocycles. The van der Waals surface area contributed by atoms with E-state index in [0.29, 0.717) is 0 Å². The summed E-state index contributed by atoms with van der Waals surface area (Å²) in [7, 11) is 0. The molecule has 2 heteroatoms. The third-order valence-electron chi connectivity index (χ3n) is 14.1. The van der Waals surface area contributed by atoms with Crippen molar-refractivity contribution in [2.75, 3.05) is 0 Å². The summed E-state index contributed by atoms with van der Waals surface area (Å²) in [6.45, 7) is 13.3. The van der Waals surface area contributed by atoms with E-state index in [1.807, 2.05) is 0 Å². The van der Waals surface area contributed by atoms with E-state index in [1.165, 1.54) is 89.1 Å². The van der Waals surface area contributed by atoms with Gasteiger partial charge in [-0.1, -0.05) is 231 Å². The van der Waals surface area contributed by atoms with E-state index in [9.17, 15) is 0 Å². The second-order valence-electron chi connectivity index (χ2n) is 18.6.